The zero-order valence-corrected chi connectivity index (χ0v) is 10.2. The second-order valence-corrected chi connectivity index (χ2v) is 4.06. The number of hydrogen-bond donors (Lipinski definition) is 1. The molecule has 0 spiro atoms. The summed E-state index contributed by atoms with van der Waals surface area (Å²) in [5.74, 6) is 0.871. The fourth-order valence-corrected chi connectivity index (χ4v) is 1.83. The molecule has 1 aliphatic heterocycles. The molecule has 2 N–H and O–H groups in total. The maximum Gasteiger partial charge on any atom is 0.185 e. The molecule has 0 bridgehead atoms. The number of nitrogens with two attached hydrogens (primary N) is 1. The van der Waals surface area contributed by atoms with Crippen LogP contribution in [0.3, 0.4) is 0 Å². The van der Waals surface area contributed by atoms with Crippen molar-refractivity contribution in [2.45, 2.75) is 19.1 Å². The average Bonchev–Trinajstić information content (AvgIpc) is 2.91. The second-order valence-electron chi connectivity index (χ2n) is 4.06. The lowest BCUT2D eigenvalue weighted by Crippen LogP contribution is -2.15. The van der Waals surface area contributed by atoms with Crippen molar-refractivity contribution in [3.8, 4) is 5.75 Å². The smallest absolute Gasteiger partial charge is 0.185 e. The van der Waals surface area contributed by atoms with Crippen molar-refractivity contribution >= 4 is 0 Å². The van der Waals surface area contributed by atoms with E-state index in [4.69, 9.17) is 19.9 Å². The van der Waals surface area contributed by atoms with Gasteiger partial charge < -0.3 is 19.9 Å². The molecule has 17 heavy (non-hydrogen) atoms. The molecule has 0 amide bonds. The van der Waals surface area contributed by atoms with E-state index in [9.17, 15) is 0 Å². The van der Waals surface area contributed by atoms with E-state index < -0.39 is 0 Å². The molecule has 0 radical (unpaired) electrons. The highest BCUT2D eigenvalue weighted by Crippen LogP contribution is 2.31. The lowest BCUT2D eigenvalue weighted by Gasteiger charge is -2.18. The zero-order valence-electron chi connectivity index (χ0n) is 10.2. The summed E-state index contributed by atoms with van der Waals surface area (Å²) in [6.07, 6.45) is 1.35. The Balaban J connectivity index is 2.36. The molecule has 1 saturated heterocycles. The number of pyridine rings is 1. The van der Waals surface area contributed by atoms with Crippen molar-refractivity contribution in [1.82, 2.24) is 4.98 Å². The maximum absolute atomic E-state index is 5.69. The van der Waals surface area contributed by atoms with E-state index in [1.54, 1.807) is 13.3 Å². The van der Waals surface area contributed by atoms with Gasteiger partial charge in [0.1, 0.15) is 5.75 Å². The zero-order chi connectivity index (χ0) is 12.3. The van der Waals surface area contributed by atoms with Crippen molar-refractivity contribution in [2.75, 3.05) is 26.9 Å². The highest BCUT2D eigenvalue weighted by atomic mass is 16.7. The molecular weight excluding hydrogens is 220 g/mol. The molecule has 1 aromatic heterocycles. The number of aromatic nitrogens is 1. The van der Waals surface area contributed by atoms with Crippen molar-refractivity contribution in [2.24, 2.45) is 5.73 Å². The Morgan fingerprint density at radius 3 is 2.82 bits per heavy atom. The van der Waals surface area contributed by atoms with Crippen LogP contribution >= 0.6 is 0 Å². The van der Waals surface area contributed by atoms with Crippen LogP contribution in [0.4, 0.5) is 0 Å². The number of nitrogens with zero attached hydrogens (tertiary/aromatic N) is 1. The van der Waals surface area contributed by atoms with Gasteiger partial charge in [-0.1, -0.05) is 6.92 Å². The Kier molecular flexibility index (Phi) is 3.93. The minimum atomic E-state index is -0.346. The van der Waals surface area contributed by atoms with E-state index in [1.165, 1.54) is 0 Å². The molecular formula is C12H18N2O3. The summed E-state index contributed by atoms with van der Waals surface area (Å²) in [6.45, 7) is 3.79. The highest BCUT2D eigenvalue weighted by Gasteiger charge is 2.24. The van der Waals surface area contributed by atoms with Gasteiger partial charge in [0.2, 0.25) is 0 Å². The van der Waals surface area contributed by atoms with Gasteiger partial charge in [0, 0.05) is 18.0 Å². The lowest BCUT2D eigenvalue weighted by atomic mass is 10.0. The molecule has 2 rings (SSSR count). The first kappa shape index (κ1) is 12.3. The molecule has 5 heteroatoms. The Labute approximate surface area is 101 Å². The van der Waals surface area contributed by atoms with Gasteiger partial charge in [-0.25, -0.2) is 0 Å². The van der Waals surface area contributed by atoms with Crippen LogP contribution in [0.25, 0.3) is 0 Å². The second kappa shape index (κ2) is 5.44. The maximum atomic E-state index is 5.69. The van der Waals surface area contributed by atoms with Gasteiger partial charge >= 0.3 is 0 Å². The molecule has 0 aromatic carbocycles. The summed E-state index contributed by atoms with van der Waals surface area (Å²) >= 11 is 0. The van der Waals surface area contributed by atoms with Gasteiger partial charge in [0.15, 0.2) is 6.29 Å². The summed E-state index contributed by atoms with van der Waals surface area (Å²) in [6, 6.07) is 1.91. The molecule has 0 aliphatic carbocycles. The minimum Gasteiger partial charge on any atom is -0.495 e. The topological polar surface area (TPSA) is 66.6 Å². The van der Waals surface area contributed by atoms with Crippen LogP contribution in [0.2, 0.25) is 0 Å². The molecule has 94 valence electrons. The van der Waals surface area contributed by atoms with Crippen LogP contribution in [0.5, 0.6) is 5.75 Å². The van der Waals surface area contributed by atoms with Crippen molar-refractivity contribution < 1.29 is 14.2 Å². The van der Waals surface area contributed by atoms with E-state index in [1.807, 2.05) is 13.0 Å². The number of rotatable bonds is 4. The fourth-order valence-electron chi connectivity index (χ4n) is 1.83. The monoisotopic (exact) mass is 238 g/mol. The quantitative estimate of drug-likeness (QED) is 0.853. The van der Waals surface area contributed by atoms with E-state index in [-0.39, 0.29) is 12.2 Å². The van der Waals surface area contributed by atoms with Gasteiger partial charge in [-0.3, -0.25) is 4.98 Å². The molecule has 1 atom stereocenters. The average molecular weight is 238 g/mol. The van der Waals surface area contributed by atoms with Gasteiger partial charge in [-0.2, -0.15) is 0 Å². The van der Waals surface area contributed by atoms with Crippen molar-refractivity contribution in [3.63, 3.8) is 0 Å². The first-order chi connectivity index (χ1) is 8.26. The van der Waals surface area contributed by atoms with Crippen LogP contribution in [0, 0.1) is 0 Å². The number of ether oxygens (including phenoxy) is 3. The van der Waals surface area contributed by atoms with Crippen LogP contribution in [0.15, 0.2) is 12.3 Å². The van der Waals surface area contributed by atoms with Crippen molar-refractivity contribution in [1.29, 1.82) is 0 Å². The standard InChI is InChI=1S/C12H18N2O3/c1-8(6-13)11-10(12-16-3-4-17-12)5-9(15-2)7-14-11/h5,7-8,12H,3-4,6,13H2,1-2H3. The summed E-state index contributed by atoms with van der Waals surface area (Å²) < 4.78 is 16.2. The summed E-state index contributed by atoms with van der Waals surface area (Å²) in [4.78, 5) is 4.40. The van der Waals surface area contributed by atoms with Gasteiger partial charge in [0.05, 0.1) is 32.2 Å². The molecule has 0 saturated carbocycles. The third-order valence-electron chi connectivity index (χ3n) is 2.86. The summed E-state index contributed by atoms with van der Waals surface area (Å²) in [5.41, 5.74) is 7.52. The van der Waals surface area contributed by atoms with Crippen LogP contribution in [0.1, 0.15) is 30.4 Å². The van der Waals surface area contributed by atoms with Crippen LogP contribution in [-0.2, 0) is 9.47 Å². The number of methoxy groups -OCH3 is 1. The normalized spacial score (nSPS) is 18.3. The predicted octanol–water partition coefficient (Wildman–Crippen LogP) is 1.20. The Morgan fingerprint density at radius 1 is 1.53 bits per heavy atom. The van der Waals surface area contributed by atoms with E-state index >= 15 is 0 Å². The summed E-state index contributed by atoms with van der Waals surface area (Å²) in [7, 11) is 1.61. The molecule has 1 aromatic rings. The Bertz CT molecular complexity index is 378. The SMILES string of the molecule is COc1cnc(C(C)CN)c(C2OCCO2)c1. The third kappa shape index (κ3) is 2.57. The van der Waals surface area contributed by atoms with Gasteiger partial charge in [-0.05, 0) is 6.07 Å². The molecule has 1 unspecified atom stereocenters. The minimum absolute atomic E-state index is 0.170. The van der Waals surface area contributed by atoms with Crippen LogP contribution in [-0.4, -0.2) is 31.9 Å². The van der Waals surface area contributed by atoms with Crippen LogP contribution < -0.4 is 10.5 Å². The first-order valence-corrected chi connectivity index (χ1v) is 5.73. The van der Waals surface area contributed by atoms with E-state index in [2.05, 4.69) is 4.98 Å². The Morgan fingerprint density at radius 2 is 2.24 bits per heavy atom. The molecule has 5 nitrogen and oxygen atoms in total. The first-order valence-electron chi connectivity index (χ1n) is 5.73. The molecule has 1 aliphatic rings. The number of hydrogen-bond acceptors (Lipinski definition) is 5. The lowest BCUT2D eigenvalue weighted by molar-refractivity contribution is -0.0453. The van der Waals surface area contributed by atoms with E-state index in [0.29, 0.717) is 25.5 Å². The van der Waals surface area contributed by atoms with Crippen molar-refractivity contribution in [3.05, 3.63) is 23.5 Å². The van der Waals surface area contributed by atoms with E-state index in [0.717, 1.165) is 11.3 Å². The molecule has 2 heterocycles. The third-order valence-corrected chi connectivity index (χ3v) is 2.86. The fraction of sp³-hybridized carbons (Fsp3) is 0.583. The highest BCUT2D eigenvalue weighted by molar-refractivity contribution is 5.32. The molecule has 1 fully saturated rings. The Hall–Kier alpha value is -1.17. The summed E-state index contributed by atoms with van der Waals surface area (Å²) in [5, 5.41) is 0. The predicted molar refractivity (Wildman–Crippen MR) is 62.9 cm³/mol. The van der Waals surface area contributed by atoms with Gasteiger partial charge in [-0.15, -0.1) is 0 Å². The largest absolute Gasteiger partial charge is 0.495 e. The van der Waals surface area contributed by atoms with Gasteiger partial charge in [0.25, 0.3) is 0 Å².